The number of aromatic nitrogens is 1. The number of carbonyl (C=O) groups excluding carboxylic acids is 2. The van der Waals surface area contributed by atoms with Crippen LogP contribution in [0.1, 0.15) is 27.9 Å². The van der Waals surface area contributed by atoms with E-state index in [2.05, 4.69) is 15.6 Å². The smallest absolute Gasteiger partial charge is 0.267 e. The zero-order chi connectivity index (χ0) is 19.6. The SMILES string of the molecule is CC(=O)Nc1ccc(C)cc1NC(=O)c1sc(-c2ccc(Cl)cc2)nc1C. The first kappa shape index (κ1) is 19.1. The summed E-state index contributed by atoms with van der Waals surface area (Å²) in [6.45, 7) is 5.15. The number of carbonyl (C=O) groups is 2. The van der Waals surface area contributed by atoms with Gasteiger partial charge in [-0.05, 0) is 43.7 Å². The predicted molar refractivity (Wildman–Crippen MR) is 111 cm³/mol. The fraction of sp³-hybridized carbons (Fsp3) is 0.150. The first-order chi connectivity index (χ1) is 12.8. The van der Waals surface area contributed by atoms with Crippen molar-refractivity contribution in [3.8, 4) is 10.6 Å². The van der Waals surface area contributed by atoms with Crippen LogP contribution in [-0.4, -0.2) is 16.8 Å². The quantitative estimate of drug-likeness (QED) is 0.626. The lowest BCUT2D eigenvalue weighted by molar-refractivity contribution is -0.114. The molecule has 0 bridgehead atoms. The van der Waals surface area contributed by atoms with Gasteiger partial charge in [0.15, 0.2) is 0 Å². The Balaban J connectivity index is 1.88. The zero-order valence-electron chi connectivity index (χ0n) is 15.1. The lowest BCUT2D eigenvalue weighted by atomic mass is 10.2. The van der Waals surface area contributed by atoms with Crippen LogP contribution >= 0.6 is 22.9 Å². The molecule has 0 aliphatic heterocycles. The molecular weight excluding hydrogens is 382 g/mol. The Labute approximate surface area is 166 Å². The molecule has 0 unspecified atom stereocenters. The van der Waals surface area contributed by atoms with Crippen LogP contribution in [0.2, 0.25) is 5.02 Å². The summed E-state index contributed by atoms with van der Waals surface area (Å²) in [5.41, 5.74) is 3.64. The number of halogens is 1. The molecule has 5 nitrogen and oxygen atoms in total. The Hall–Kier alpha value is -2.70. The monoisotopic (exact) mass is 399 g/mol. The summed E-state index contributed by atoms with van der Waals surface area (Å²) in [5.74, 6) is -0.462. The minimum absolute atomic E-state index is 0.201. The predicted octanol–water partition coefficient (Wildman–Crippen LogP) is 5.29. The van der Waals surface area contributed by atoms with Crippen LogP contribution in [0, 0.1) is 13.8 Å². The van der Waals surface area contributed by atoms with E-state index in [9.17, 15) is 9.59 Å². The summed E-state index contributed by atoms with van der Waals surface area (Å²) in [4.78, 5) is 29.2. The molecule has 2 aromatic carbocycles. The number of rotatable bonds is 4. The van der Waals surface area contributed by atoms with Crippen molar-refractivity contribution in [2.24, 2.45) is 0 Å². The van der Waals surface area contributed by atoms with E-state index in [1.165, 1.54) is 18.3 Å². The average molecular weight is 400 g/mol. The third-order valence-corrected chi connectivity index (χ3v) is 5.29. The summed E-state index contributed by atoms with van der Waals surface area (Å²) in [6, 6.07) is 12.8. The van der Waals surface area contributed by atoms with Crippen molar-refractivity contribution in [2.75, 3.05) is 10.6 Å². The number of benzene rings is 2. The van der Waals surface area contributed by atoms with Gasteiger partial charge in [-0.15, -0.1) is 11.3 Å². The molecule has 1 aromatic heterocycles. The molecule has 2 amide bonds. The highest BCUT2D eigenvalue weighted by Gasteiger charge is 2.18. The van der Waals surface area contributed by atoms with E-state index in [0.717, 1.165) is 16.1 Å². The highest BCUT2D eigenvalue weighted by atomic mass is 35.5. The van der Waals surface area contributed by atoms with Crippen molar-refractivity contribution >= 4 is 46.1 Å². The first-order valence-electron chi connectivity index (χ1n) is 8.26. The molecule has 0 aliphatic rings. The maximum atomic E-state index is 12.8. The van der Waals surface area contributed by atoms with Crippen molar-refractivity contribution in [1.29, 1.82) is 0 Å². The third kappa shape index (κ3) is 4.53. The van der Waals surface area contributed by atoms with Gasteiger partial charge in [0.1, 0.15) is 9.88 Å². The average Bonchev–Trinajstić information content (AvgIpc) is 2.99. The summed E-state index contributed by atoms with van der Waals surface area (Å²) in [5, 5.41) is 7.01. The molecule has 27 heavy (non-hydrogen) atoms. The lowest BCUT2D eigenvalue weighted by Crippen LogP contribution is -2.15. The molecule has 2 N–H and O–H groups in total. The molecule has 138 valence electrons. The molecular formula is C20H18ClN3O2S. The van der Waals surface area contributed by atoms with E-state index in [-0.39, 0.29) is 11.8 Å². The van der Waals surface area contributed by atoms with Crippen LogP contribution in [-0.2, 0) is 4.79 Å². The minimum atomic E-state index is -0.262. The lowest BCUT2D eigenvalue weighted by Gasteiger charge is -2.12. The van der Waals surface area contributed by atoms with Crippen LogP contribution in [0.3, 0.4) is 0 Å². The van der Waals surface area contributed by atoms with E-state index < -0.39 is 0 Å². The third-order valence-electron chi connectivity index (χ3n) is 3.83. The van der Waals surface area contributed by atoms with Crippen molar-refractivity contribution in [2.45, 2.75) is 20.8 Å². The summed E-state index contributed by atoms with van der Waals surface area (Å²) in [6.07, 6.45) is 0. The second-order valence-corrected chi connectivity index (χ2v) is 7.56. The number of hydrogen-bond acceptors (Lipinski definition) is 4. The van der Waals surface area contributed by atoms with Crippen molar-refractivity contribution < 1.29 is 9.59 Å². The van der Waals surface area contributed by atoms with Gasteiger partial charge in [0.25, 0.3) is 5.91 Å². The van der Waals surface area contributed by atoms with Crippen LogP contribution in [0.15, 0.2) is 42.5 Å². The van der Waals surface area contributed by atoms with Gasteiger partial charge in [-0.1, -0.05) is 29.8 Å². The fourth-order valence-corrected chi connectivity index (χ4v) is 3.66. The van der Waals surface area contributed by atoms with Gasteiger partial charge in [-0.25, -0.2) is 4.98 Å². The highest BCUT2D eigenvalue weighted by Crippen LogP contribution is 2.30. The van der Waals surface area contributed by atoms with Gasteiger partial charge in [0.05, 0.1) is 17.1 Å². The zero-order valence-corrected chi connectivity index (χ0v) is 16.7. The van der Waals surface area contributed by atoms with Gasteiger partial charge in [0, 0.05) is 17.5 Å². The van der Waals surface area contributed by atoms with Crippen molar-refractivity contribution in [3.05, 3.63) is 63.6 Å². The number of nitrogens with one attached hydrogen (secondary N) is 2. The number of aryl methyl sites for hydroxylation is 2. The summed E-state index contributed by atoms with van der Waals surface area (Å²) >= 11 is 7.25. The normalized spacial score (nSPS) is 10.5. The van der Waals surface area contributed by atoms with Gasteiger partial charge in [0.2, 0.25) is 5.91 Å². The summed E-state index contributed by atoms with van der Waals surface area (Å²) < 4.78 is 0. The number of anilines is 2. The van der Waals surface area contributed by atoms with Crippen LogP contribution in [0.4, 0.5) is 11.4 Å². The Morgan fingerprint density at radius 2 is 1.70 bits per heavy atom. The Morgan fingerprint density at radius 3 is 2.37 bits per heavy atom. The topological polar surface area (TPSA) is 71.1 Å². The maximum absolute atomic E-state index is 12.8. The standard InChI is InChI=1S/C20H18ClN3O2S/c1-11-4-9-16(23-13(3)25)17(10-11)24-19(26)18-12(2)22-20(27-18)14-5-7-15(21)8-6-14/h4-10H,1-3H3,(H,23,25)(H,24,26). The van der Waals surface area contributed by atoms with Crippen LogP contribution < -0.4 is 10.6 Å². The van der Waals surface area contributed by atoms with Crippen molar-refractivity contribution in [3.63, 3.8) is 0 Å². The number of thiazole rings is 1. The molecule has 7 heteroatoms. The summed E-state index contributed by atoms with van der Waals surface area (Å²) in [7, 11) is 0. The molecule has 0 atom stereocenters. The Bertz CT molecular complexity index is 1010. The van der Waals surface area contributed by atoms with E-state index >= 15 is 0 Å². The van der Waals surface area contributed by atoms with Gasteiger partial charge in [-0.3, -0.25) is 9.59 Å². The molecule has 0 radical (unpaired) electrons. The second-order valence-electron chi connectivity index (χ2n) is 6.12. The van der Waals surface area contributed by atoms with E-state index in [4.69, 9.17) is 11.6 Å². The fourth-order valence-electron chi connectivity index (χ4n) is 2.56. The molecule has 0 fully saturated rings. The number of nitrogens with zero attached hydrogens (tertiary/aromatic N) is 1. The highest BCUT2D eigenvalue weighted by molar-refractivity contribution is 7.17. The second kappa shape index (κ2) is 7.90. The van der Waals surface area contributed by atoms with E-state index in [1.54, 1.807) is 25.1 Å². The first-order valence-corrected chi connectivity index (χ1v) is 9.46. The molecule has 0 saturated carbocycles. The molecule has 3 aromatic rings. The number of hydrogen-bond donors (Lipinski definition) is 2. The van der Waals surface area contributed by atoms with E-state index in [1.807, 2.05) is 31.2 Å². The molecule has 0 saturated heterocycles. The Morgan fingerprint density at radius 1 is 1.00 bits per heavy atom. The van der Waals surface area contributed by atoms with Crippen LogP contribution in [0.5, 0.6) is 0 Å². The largest absolute Gasteiger partial charge is 0.325 e. The molecule has 1 heterocycles. The van der Waals surface area contributed by atoms with Gasteiger partial charge < -0.3 is 10.6 Å². The van der Waals surface area contributed by atoms with E-state index in [0.29, 0.717) is 27.0 Å². The van der Waals surface area contributed by atoms with Gasteiger partial charge in [-0.2, -0.15) is 0 Å². The number of amides is 2. The van der Waals surface area contributed by atoms with Crippen LogP contribution in [0.25, 0.3) is 10.6 Å². The molecule has 0 spiro atoms. The minimum Gasteiger partial charge on any atom is -0.325 e. The Kier molecular flexibility index (Phi) is 5.58. The maximum Gasteiger partial charge on any atom is 0.267 e. The molecule has 3 rings (SSSR count). The van der Waals surface area contributed by atoms with Crippen molar-refractivity contribution in [1.82, 2.24) is 4.98 Å². The molecule has 0 aliphatic carbocycles. The van der Waals surface area contributed by atoms with Gasteiger partial charge >= 0.3 is 0 Å².